The molecule has 0 bridgehead atoms. The topological polar surface area (TPSA) is 54.0 Å². The minimum Gasteiger partial charge on any atom is -0.331 e. The zero-order valence-electron chi connectivity index (χ0n) is 13.3. The molecule has 0 saturated heterocycles. The van der Waals surface area contributed by atoms with Crippen molar-refractivity contribution in [3.63, 3.8) is 0 Å². The molecule has 0 aliphatic heterocycles. The van der Waals surface area contributed by atoms with Gasteiger partial charge in [-0.3, -0.25) is 4.79 Å². The Bertz CT molecular complexity index is 903. The molecule has 3 aromatic rings. The van der Waals surface area contributed by atoms with Crippen molar-refractivity contribution in [3.05, 3.63) is 58.9 Å². The van der Waals surface area contributed by atoms with E-state index in [2.05, 4.69) is 15.6 Å². The number of benzene rings is 2. The standard InChI is InChI=1S/C19H16ClN3OS/c20-14-2-1-3-16(10-14)22-19-23-17(11-25-19)12-6-8-15(9-7-12)21-18(24)13-4-5-13/h1-3,6-11,13H,4-5H2,(H,21,24)(H,22,23). The molecule has 25 heavy (non-hydrogen) atoms. The molecule has 1 heterocycles. The molecule has 2 aromatic carbocycles. The van der Waals surface area contributed by atoms with Gasteiger partial charge in [0.2, 0.25) is 5.91 Å². The van der Waals surface area contributed by atoms with Crippen LogP contribution in [0, 0.1) is 5.92 Å². The molecule has 1 aliphatic carbocycles. The minimum atomic E-state index is 0.120. The number of amides is 1. The summed E-state index contributed by atoms with van der Waals surface area (Å²) < 4.78 is 0. The molecule has 1 aliphatic rings. The molecule has 0 spiro atoms. The second kappa shape index (κ2) is 6.86. The van der Waals surface area contributed by atoms with Crippen LogP contribution in [0.4, 0.5) is 16.5 Å². The highest BCUT2D eigenvalue weighted by molar-refractivity contribution is 7.14. The Morgan fingerprint density at radius 3 is 2.64 bits per heavy atom. The Morgan fingerprint density at radius 1 is 1.12 bits per heavy atom. The molecule has 4 nitrogen and oxygen atoms in total. The van der Waals surface area contributed by atoms with Gasteiger partial charge in [-0.15, -0.1) is 11.3 Å². The molecular weight excluding hydrogens is 354 g/mol. The zero-order chi connectivity index (χ0) is 17.2. The summed E-state index contributed by atoms with van der Waals surface area (Å²) in [6.07, 6.45) is 2.01. The Kier molecular flexibility index (Phi) is 4.42. The number of hydrogen-bond donors (Lipinski definition) is 2. The maximum Gasteiger partial charge on any atom is 0.227 e. The fraction of sp³-hybridized carbons (Fsp3) is 0.158. The van der Waals surface area contributed by atoms with Crippen LogP contribution in [0.1, 0.15) is 12.8 Å². The van der Waals surface area contributed by atoms with Gasteiger partial charge in [-0.1, -0.05) is 29.8 Å². The molecule has 1 amide bonds. The van der Waals surface area contributed by atoms with E-state index < -0.39 is 0 Å². The first-order valence-electron chi connectivity index (χ1n) is 8.07. The van der Waals surface area contributed by atoms with E-state index in [0.29, 0.717) is 5.02 Å². The summed E-state index contributed by atoms with van der Waals surface area (Å²) in [7, 11) is 0. The van der Waals surface area contributed by atoms with Crippen LogP contribution in [-0.2, 0) is 4.79 Å². The largest absolute Gasteiger partial charge is 0.331 e. The normalized spacial score (nSPS) is 13.5. The Balaban J connectivity index is 1.45. The lowest BCUT2D eigenvalue weighted by molar-refractivity contribution is -0.117. The Morgan fingerprint density at radius 2 is 1.92 bits per heavy atom. The maximum absolute atomic E-state index is 11.8. The van der Waals surface area contributed by atoms with Crippen LogP contribution in [-0.4, -0.2) is 10.9 Å². The molecule has 126 valence electrons. The first kappa shape index (κ1) is 16.1. The van der Waals surface area contributed by atoms with E-state index in [4.69, 9.17) is 11.6 Å². The van der Waals surface area contributed by atoms with Crippen molar-refractivity contribution in [1.82, 2.24) is 4.98 Å². The SMILES string of the molecule is O=C(Nc1ccc(-c2csc(Nc3cccc(Cl)c3)n2)cc1)C1CC1. The number of halogens is 1. The van der Waals surface area contributed by atoms with E-state index in [9.17, 15) is 4.79 Å². The van der Waals surface area contributed by atoms with E-state index in [0.717, 1.165) is 40.6 Å². The zero-order valence-corrected chi connectivity index (χ0v) is 14.9. The van der Waals surface area contributed by atoms with Crippen LogP contribution in [0.25, 0.3) is 11.3 Å². The third-order valence-corrected chi connectivity index (χ3v) is 4.97. The van der Waals surface area contributed by atoms with Crippen molar-refractivity contribution >= 4 is 45.4 Å². The number of nitrogens with zero attached hydrogens (tertiary/aromatic N) is 1. The van der Waals surface area contributed by atoms with Crippen LogP contribution in [0.2, 0.25) is 5.02 Å². The van der Waals surface area contributed by atoms with Crippen molar-refractivity contribution in [1.29, 1.82) is 0 Å². The average Bonchev–Trinajstić information content (AvgIpc) is 3.36. The van der Waals surface area contributed by atoms with E-state index in [-0.39, 0.29) is 11.8 Å². The number of nitrogens with one attached hydrogen (secondary N) is 2. The molecule has 6 heteroatoms. The highest BCUT2D eigenvalue weighted by Crippen LogP contribution is 2.31. The lowest BCUT2D eigenvalue weighted by atomic mass is 10.1. The van der Waals surface area contributed by atoms with Crippen LogP contribution < -0.4 is 10.6 Å². The summed E-state index contributed by atoms with van der Waals surface area (Å²) in [5, 5.41) is 9.70. The quantitative estimate of drug-likeness (QED) is 0.619. The monoisotopic (exact) mass is 369 g/mol. The van der Waals surface area contributed by atoms with Crippen molar-refractivity contribution in [2.45, 2.75) is 12.8 Å². The van der Waals surface area contributed by atoms with Crippen molar-refractivity contribution in [3.8, 4) is 11.3 Å². The van der Waals surface area contributed by atoms with Crippen LogP contribution in [0.5, 0.6) is 0 Å². The van der Waals surface area contributed by atoms with Gasteiger partial charge in [0.05, 0.1) is 5.69 Å². The van der Waals surface area contributed by atoms with Gasteiger partial charge in [-0.2, -0.15) is 0 Å². The molecule has 1 fully saturated rings. The number of rotatable bonds is 5. The number of hydrogen-bond acceptors (Lipinski definition) is 4. The van der Waals surface area contributed by atoms with Crippen LogP contribution in [0.3, 0.4) is 0 Å². The van der Waals surface area contributed by atoms with Crippen LogP contribution >= 0.6 is 22.9 Å². The first-order chi connectivity index (χ1) is 12.2. The second-order valence-electron chi connectivity index (χ2n) is 6.01. The van der Waals surface area contributed by atoms with Gasteiger partial charge in [0, 0.05) is 33.3 Å². The lowest BCUT2D eigenvalue weighted by Crippen LogP contribution is -2.12. The lowest BCUT2D eigenvalue weighted by Gasteiger charge is -2.05. The first-order valence-corrected chi connectivity index (χ1v) is 9.32. The maximum atomic E-state index is 11.8. The number of anilines is 3. The average molecular weight is 370 g/mol. The second-order valence-corrected chi connectivity index (χ2v) is 7.31. The summed E-state index contributed by atoms with van der Waals surface area (Å²) in [6.45, 7) is 0. The van der Waals surface area contributed by atoms with Gasteiger partial charge >= 0.3 is 0 Å². The summed E-state index contributed by atoms with van der Waals surface area (Å²) in [5.74, 6) is 0.327. The van der Waals surface area contributed by atoms with E-state index in [1.807, 2.05) is 53.9 Å². The third kappa shape index (κ3) is 4.00. The fourth-order valence-corrected chi connectivity index (χ4v) is 3.40. The molecule has 0 atom stereocenters. The smallest absolute Gasteiger partial charge is 0.227 e. The Hall–Kier alpha value is -2.37. The highest BCUT2D eigenvalue weighted by atomic mass is 35.5. The minimum absolute atomic E-state index is 0.120. The predicted octanol–water partition coefficient (Wildman–Crippen LogP) is 5.56. The van der Waals surface area contributed by atoms with Gasteiger partial charge in [-0.25, -0.2) is 4.98 Å². The number of thiazole rings is 1. The number of carbonyl (C=O) groups is 1. The molecule has 0 unspecified atom stereocenters. The number of aromatic nitrogens is 1. The summed E-state index contributed by atoms with van der Waals surface area (Å²) in [4.78, 5) is 16.4. The number of carbonyl (C=O) groups excluding carboxylic acids is 1. The van der Waals surface area contributed by atoms with E-state index in [1.165, 1.54) is 11.3 Å². The highest BCUT2D eigenvalue weighted by Gasteiger charge is 2.29. The molecule has 2 N–H and O–H groups in total. The van der Waals surface area contributed by atoms with Gasteiger partial charge in [0.25, 0.3) is 0 Å². The van der Waals surface area contributed by atoms with Gasteiger partial charge in [-0.05, 0) is 43.2 Å². The Labute approximate surface area is 154 Å². The molecule has 0 radical (unpaired) electrons. The summed E-state index contributed by atoms with van der Waals surface area (Å²) >= 11 is 7.54. The van der Waals surface area contributed by atoms with Gasteiger partial charge in [0.15, 0.2) is 5.13 Å². The molecule has 1 aromatic heterocycles. The summed E-state index contributed by atoms with van der Waals surface area (Å²) in [5.41, 5.74) is 3.65. The van der Waals surface area contributed by atoms with Gasteiger partial charge < -0.3 is 10.6 Å². The van der Waals surface area contributed by atoms with Crippen molar-refractivity contribution < 1.29 is 4.79 Å². The van der Waals surface area contributed by atoms with Crippen LogP contribution in [0.15, 0.2) is 53.9 Å². The third-order valence-electron chi connectivity index (χ3n) is 3.98. The van der Waals surface area contributed by atoms with E-state index in [1.54, 1.807) is 0 Å². The van der Waals surface area contributed by atoms with Crippen molar-refractivity contribution in [2.24, 2.45) is 5.92 Å². The molecular formula is C19H16ClN3OS. The van der Waals surface area contributed by atoms with Crippen molar-refractivity contribution in [2.75, 3.05) is 10.6 Å². The summed E-state index contributed by atoms with van der Waals surface area (Å²) in [6, 6.07) is 15.3. The molecule has 1 saturated carbocycles. The fourth-order valence-electron chi connectivity index (χ4n) is 2.47. The predicted molar refractivity (Wildman–Crippen MR) is 104 cm³/mol. The van der Waals surface area contributed by atoms with Gasteiger partial charge in [0.1, 0.15) is 0 Å². The van der Waals surface area contributed by atoms with E-state index >= 15 is 0 Å². The molecule has 4 rings (SSSR count).